The van der Waals surface area contributed by atoms with Crippen LogP contribution in [-0.2, 0) is 9.59 Å². The van der Waals surface area contributed by atoms with Gasteiger partial charge in [-0.15, -0.1) is 0 Å². The van der Waals surface area contributed by atoms with Crippen LogP contribution in [0.4, 0.5) is 11.4 Å². The number of nitrogens with one attached hydrogen (secondary N) is 2. The molecule has 0 atom stereocenters. The lowest BCUT2D eigenvalue weighted by Gasteiger charge is -2.18. The van der Waals surface area contributed by atoms with Gasteiger partial charge in [0, 0.05) is 16.8 Å². The van der Waals surface area contributed by atoms with Crippen LogP contribution in [0, 0.1) is 12.3 Å². The number of carbonyl (C=O) groups excluding carboxylic acids is 2. The summed E-state index contributed by atoms with van der Waals surface area (Å²) < 4.78 is 5.64. The van der Waals surface area contributed by atoms with E-state index in [-0.39, 0.29) is 18.2 Å². The summed E-state index contributed by atoms with van der Waals surface area (Å²) in [5.41, 5.74) is 1.85. The highest BCUT2D eigenvalue weighted by molar-refractivity contribution is 5.96. The quantitative estimate of drug-likeness (QED) is 0.808. The fourth-order valence-electron chi connectivity index (χ4n) is 2.19. The van der Waals surface area contributed by atoms with E-state index in [0.717, 1.165) is 11.3 Å². The van der Waals surface area contributed by atoms with Gasteiger partial charge >= 0.3 is 0 Å². The van der Waals surface area contributed by atoms with E-state index < -0.39 is 5.41 Å². The monoisotopic (exact) mass is 354 g/mol. The third-order valence-corrected chi connectivity index (χ3v) is 3.77. The Labute approximate surface area is 154 Å². The number of para-hydroxylation sites is 1. The van der Waals surface area contributed by atoms with E-state index in [1.165, 1.54) is 0 Å². The zero-order valence-corrected chi connectivity index (χ0v) is 15.8. The Balaban J connectivity index is 1.86. The zero-order chi connectivity index (χ0) is 19.2. The van der Waals surface area contributed by atoms with E-state index in [4.69, 9.17) is 4.74 Å². The molecule has 0 aromatic heterocycles. The van der Waals surface area contributed by atoms with Gasteiger partial charge in [0.2, 0.25) is 11.8 Å². The number of hydrogen-bond acceptors (Lipinski definition) is 3. The van der Waals surface area contributed by atoms with Crippen LogP contribution in [0.5, 0.6) is 5.75 Å². The van der Waals surface area contributed by atoms with Crippen molar-refractivity contribution in [1.82, 2.24) is 0 Å². The second-order valence-electron chi connectivity index (χ2n) is 7.20. The molecule has 0 radical (unpaired) electrons. The van der Waals surface area contributed by atoms with Gasteiger partial charge < -0.3 is 15.4 Å². The van der Waals surface area contributed by atoms with Crippen LogP contribution in [-0.4, -0.2) is 18.4 Å². The second-order valence-corrected chi connectivity index (χ2v) is 7.20. The molecule has 0 fully saturated rings. The Hall–Kier alpha value is -2.82. The lowest BCUT2D eigenvalue weighted by molar-refractivity contribution is -0.123. The Morgan fingerprint density at radius 3 is 2.27 bits per heavy atom. The first kappa shape index (κ1) is 19.5. The van der Waals surface area contributed by atoms with Crippen LogP contribution in [0.1, 0.15) is 32.8 Å². The molecule has 2 aromatic rings. The molecule has 0 saturated heterocycles. The molecule has 0 spiro atoms. The highest BCUT2D eigenvalue weighted by Crippen LogP contribution is 2.20. The smallest absolute Gasteiger partial charge is 0.229 e. The molecule has 26 heavy (non-hydrogen) atoms. The van der Waals surface area contributed by atoms with Gasteiger partial charge in [0.05, 0.1) is 13.0 Å². The van der Waals surface area contributed by atoms with E-state index in [1.54, 1.807) is 24.3 Å². The molecule has 0 aliphatic heterocycles. The summed E-state index contributed by atoms with van der Waals surface area (Å²) in [6, 6.07) is 14.8. The minimum Gasteiger partial charge on any atom is -0.493 e. The Kier molecular flexibility index (Phi) is 6.39. The minimum atomic E-state index is -0.480. The van der Waals surface area contributed by atoms with E-state index in [1.807, 2.05) is 52.0 Å². The molecule has 2 rings (SSSR count). The van der Waals surface area contributed by atoms with Crippen molar-refractivity contribution in [2.75, 3.05) is 17.2 Å². The molecule has 2 amide bonds. The van der Waals surface area contributed by atoms with Crippen LogP contribution in [0.3, 0.4) is 0 Å². The molecule has 0 heterocycles. The van der Waals surface area contributed by atoms with Gasteiger partial charge in [-0.2, -0.15) is 0 Å². The van der Waals surface area contributed by atoms with Crippen molar-refractivity contribution in [3.63, 3.8) is 0 Å². The minimum absolute atomic E-state index is 0.0763. The number of anilines is 2. The van der Waals surface area contributed by atoms with Crippen LogP contribution >= 0.6 is 0 Å². The van der Waals surface area contributed by atoms with Crippen molar-refractivity contribution in [3.05, 3.63) is 54.1 Å². The van der Waals surface area contributed by atoms with Crippen LogP contribution in [0.15, 0.2) is 48.5 Å². The predicted molar refractivity (Wildman–Crippen MR) is 104 cm³/mol. The molecule has 5 heteroatoms. The maximum absolute atomic E-state index is 12.1. The van der Waals surface area contributed by atoms with Gasteiger partial charge in [0.15, 0.2) is 0 Å². The van der Waals surface area contributed by atoms with Crippen LogP contribution in [0.25, 0.3) is 0 Å². The molecular weight excluding hydrogens is 328 g/mol. The summed E-state index contributed by atoms with van der Waals surface area (Å²) in [7, 11) is 0. The highest BCUT2D eigenvalue weighted by Gasteiger charge is 2.21. The van der Waals surface area contributed by atoms with Gasteiger partial charge in [0.25, 0.3) is 0 Å². The first-order valence-corrected chi connectivity index (χ1v) is 8.65. The lowest BCUT2D eigenvalue weighted by Crippen LogP contribution is -2.27. The van der Waals surface area contributed by atoms with Crippen molar-refractivity contribution in [2.45, 2.75) is 34.1 Å². The fraction of sp³-hybridized carbons (Fsp3) is 0.333. The predicted octanol–water partition coefficient (Wildman–Crippen LogP) is 4.39. The van der Waals surface area contributed by atoms with Gasteiger partial charge in [-0.1, -0.05) is 45.0 Å². The highest BCUT2D eigenvalue weighted by atomic mass is 16.5. The number of hydrogen-bond donors (Lipinski definition) is 2. The molecule has 0 unspecified atom stereocenters. The maximum Gasteiger partial charge on any atom is 0.229 e. The number of rotatable bonds is 6. The number of benzene rings is 2. The molecule has 138 valence electrons. The van der Waals surface area contributed by atoms with Gasteiger partial charge in [0.1, 0.15) is 5.75 Å². The van der Waals surface area contributed by atoms with Gasteiger partial charge in [-0.25, -0.2) is 0 Å². The second kappa shape index (κ2) is 8.52. The van der Waals surface area contributed by atoms with Crippen molar-refractivity contribution in [2.24, 2.45) is 5.41 Å². The average molecular weight is 354 g/mol. The normalized spacial score (nSPS) is 10.9. The number of amides is 2. The van der Waals surface area contributed by atoms with Crippen molar-refractivity contribution in [1.29, 1.82) is 0 Å². The molecule has 2 N–H and O–H groups in total. The van der Waals surface area contributed by atoms with E-state index in [0.29, 0.717) is 18.0 Å². The largest absolute Gasteiger partial charge is 0.493 e. The van der Waals surface area contributed by atoms with E-state index in [2.05, 4.69) is 10.6 Å². The Morgan fingerprint density at radius 2 is 1.62 bits per heavy atom. The summed E-state index contributed by atoms with van der Waals surface area (Å²) in [5, 5.41) is 5.68. The third-order valence-electron chi connectivity index (χ3n) is 3.77. The number of aryl methyl sites for hydroxylation is 1. The summed E-state index contributed by atoms with van der Waals surface area (Å²) in [4.78, 5) is 24.2. The molecule has 0 aliphatic rings. The summed E-state index contributed by atoms with van der Waals surface area (Å²) in [6.07, 6.45) is 0.243. The fourth-order valence-corrected chi connectivity index (χ4v) is 2.19. The van der Waals surface area contributed by atoms with Crippen molar-refractivity contribution in [3.8, 4) is 5.75 Å². The first-order valence-electron chi connectivity index (χ1n) is 8.65. The van der Waals surface area contributed by atoms with Crippen molar-refractivity contribution < 1.29 is 14.3 Å². The zero-order valence-electron chi connectivity index (χ0n) is 15.8. The van der Waals surface area contributed by atoms with Crippen LogP contribution < -0.4 is 15.4 Å². The summed E-state index contributed by atoms with van der Waals surface area (Å²) in [5.74, 6) is 0.567. The van der Waals surface area contributed by atoms with Gasteiger partial charge in [-0.05, 0) is 36.8 Å². The molecule has 0 saturated carbocycles. The Morgan fingerprint density at radius 1 is 0.962 bits per heavy atom. The van der Waals surface area contributed by atoms with E-state index >= 15 is 0 Å². The average Bonchev–Trinajstić information content (AvgIpc) is 2.56. The SMILES string of the molecule is Cc1ccccc1OCCC(=O)Nc1cccc(NC(=O)C(C)(C)C)c1. The summed E-state index contributed by atoms with van der Waals surface area (Å²) in [6.45, 7) is 7.82. The lowest BCUT2D eigenvalue weighted by atomic mass is 9.95. The molecular formula is C21H26N2O3. The van der Waals surface area contributed by atoms with Crippen molar-refractivity contribution >= 4 is 23.2 Å². The Bertz CT molecular complexity index is 779. The first-order chi connectivity index (χ1) is 12.3. The van der Waals surface area contributed by atoms with Crippen LogP contribution in [0.2, 0.25) is 0 Å². The van der Waals surface area contributed by atoms with E-state index in [9.17, 15) is 9.59 Å². The number of ether oxygens (including phenoxy) is 1. The maximum atomic E-state index is 12.1. The standard InChI is InChI=1S/C21H26N2O3/c1-15-8-5-6-11-18(15)26-13-12-19(24)22-16-9-7-10-17(14-16)23-20(25)21(2,3)4/h5-11,14H,12-13H2,1-4H3,(H,22,24)(H,23,25). The van der Waals surface area contributed by atoms with Gasteiger partial charge in [-0.3, -0.25) is 9.59 Å². The topological polar surface area (TPSA) is 67.4 Å². The summed E-state index contributed by atoms with van der Waals surface area (Å²) >= 11 is 0. The molecule has 2 aromatic carbocycles. The molecule has 0 bridgehead atoms. The molecule has 0 aliphatic carbocycles. The number of carbonyl (C=O) groups is 2. The third kappa shape index (κ3) is 5.92. The molecule has 5 nitrogen and oxygen atoms in total.